The first kappa shape index (κ1) is 26.7. The van der Waals surface area contributed by atoms with Gasteiger partial charge < -0.3 is 14.5 Å². The second-order valence-corrected chi connectivity index (χ2v) is 10.4. The van der Waals surface area contributed by atoms with Gasteiger partial charge in [-0.25, -0.2) is 0 Å². The van der Waals surface area contributed by atoms with Gasteiger partial charge in [0, 0.05) is 68.9 Å². The van der Waals surface area contributed by atoms with Gasteiger partial charge in [-0.1, -0.05) is 48.0 Å². The number of carbonyl (C=O) groups excluding carboxylic acids is 2. The molecule has 7 nitrogen and oxygen atoms in total. The first-order valence-electron chi connectivity index (χ1n) is 12.8. The number of likely N-dealkylation sites (tertiary alicyclic amines) is 1. The molecule has 37 heavy (non-hydrogen) atoms. The molecule has 2 aromatic carbocycles. The molecule has 2 heterocycles. The van der Waals surface area contributed by atoms with Crippen LogP contribution in [0.1, 0.15) is 37.7 Å². The zero-order chi connectivity index (χ0) is 26.1. The van der Waals surface area contributed by atoms with E-state index >= 15 is 0 Å². The number of aromatic nitrogens is 2. The highest BCUT2D eigenvalue weighted by molar-refractivity contribution is 6.30. The molecule has 2 amide bonds. The molecule has 3 aromatic rings. The molecule has 1 fully saturated rings. The smallest absolute Gasteiger partial charge is 0.223 e. The fourth-order valence-electron chi connectivity index (χ4n) is 4.91. The maximum absolute atomic E-state index is 13.4. The Morgan fingerprint density at radius 3 is 2.73 bits per heavy atom. The summed E-state index contributed by atoms with van der Waals surface area (Å²) < 4.78 is 8.02. The van der Waals surface area contributed by atoms with Crippen molar-refractivity contribution in [2.45, 2.75) is 45.2 Å². The van der Waals surface area contributed by atoms with Crippen molar-refractivity contribution >= 4 is 23.4 Å². The average Bonchev–Trinajstić information content (AvgIpc) is 3.42. The Bertz CT molecular complexity index is 1150. The largest absolute Gasteiger partial charge is 0.493 e. The van der Waals surface area contributed by atoms with Crippen molar-refractivity contribution in [1.29, 1.82) is 0 Å². The van der Waals surface area contributed by atoms with E-state index in [2.05, 4.69) is 5.10 Å². The molecule has 0 bridgehead atoms. The van der Waals surface area contributed by atoms with E-state index in [4.69, 9.17) is 16.3 Å². The molecule has 1 aliphatic rings. The number of amides is 2. The lowest BCUT2D eigenvalue weighted by Gasteiger charge is -2.43. The quantitative estimate of drug-likeness (QED) is 0.353. The predicted octanol–water partition coefficient (Wildman–Crippen LogP) is 5.05. The second kappa shape index (κ2) is 12.8. The second-order valence-electron chi connectivity index (χ2n) is 9.95. The lowest BCUT2D eigenvalue weighted by atomic mass is 9.77. The number of hydrogen-bond donors (Lipinski definition) is 0. The minimum Gasteiger partial charge on any atom is -0.493 e. The van der Waals surface area contributed by atoms with Crippen molar-refractivity contribution in [3.8, 4) is 5.75 Å². The van der Waals surface area contributed by atoms with Crippen LogP contribution in [0.3, 0.4) is 0 Å². The van der Waals surface area contributed by atoms with Gasteiger partial charge in [-0.05, 0) is 49.1 Å². The van der Waals surface area contributed by atoms with Crippen molar-refractivity contribution in [3.63, 3.8) is 0 Å². The molecule has 8 heteroatoms. The number of piperidine rings is 1. The predicted molar refractivity (Wildman–Crippen MR) is 144 cm³/mol. The molecule has 0 radical (unpaired) electrons. The number of aryl methyl sites for hydroxylation is 1. The van der Waals surface area contributed by atoms with Gasteiger partial charge in [0.25, 0.3) is 0 Å². The first-order chi connectivity index (χ1) is 17.9. The topological polar surface area (TPSA) is 67.7 Å². The van der Waals surface area contributed by atoms with Crippen molar-refractivity contribution in [2.75, 3.05) is 26.7 Å². The third kappa shape index (κ3) is 7.83. The molecule has 0 unspecified atom stereocenters. The Morgan fingerprint density at radius 1 is 1.14 bits per heavy atom. The zero-order valence-electron chi connectivity index (χ0n) is 21.4. The molecule has 1 saturated heterocycles. The number of nitrogens with zero attached hydrogens (tertiary/aromatic N) is 4. The number of benzene rings is 2. The van der Waals surface area contributed by atoms with E-state index in [9.17, 15) is 9.59 Å². The average molecular weight is 523 g/mol. The summed E-state index contributed by atoms with van der Waals surface area (Å²) in [7, 11) is 1.84. The van der Waals surface area contributed by atoms with E-state index in [1.54, 1.807) is 23.2 Å². The Hall–Kier alpha value is -3.32. The summed E-state index contributed by atoms with van der Waals surface area (Å²) in [5.41, 5.74) is 0.612. The van der Waals surface area contributed by atoms with Crippen molar-refractivity contribution in [3.05, 3.63) is 83.6 Å². The molecule has 1 aromatic heterocycles. The highest BCUT2D eigenvalue weighted by Crippen LogP contribution is 2.36. The maximum Gasteiger partial charge on any atom is 0.223 e. The van der Waals surface area contributed by atoms with E-state index in [-0.39, 0.29) is 11.8 Å². The normalized spacial score (nSPS) is 17.4. The zero-order valence-corrected chi connectivity index (χ0v) is 22.1. The Labute approximate surface area is 224 Å². The van der Waals surface area contributed by atoms with Gasteiger partial charge in [0.05, 0.1) is 6.61 Å². The Kier molecular flexibility index (Phi) is 9.23. The fourth-order valence-corrected chi connectivity index (χ4v) is 5.09. The summed E-state index contributed by atoms with van der Waals surface area (Å²) in [5, 5.41) is 4.81. The van der Waals surface area contributed by atoms with Crippen LogP contribution in [-0.4, -0.2) is 58.1 Å². The van der Waals surface area contributed by atoms with Gasteiger partial charge in [-0.2, -0.15) is 5.10 Å². The molecule has 4 rings (SSSR count). The lowest BCUT2D eigenvalue weighted by Crippen LogP contribution is -2.50. The summed E-state index contributed by atoms with van der Waals surface area (Å²) >= 11 is 6.15. The van der Waals surface area contributed by atoms with Gasteiger partial charge in [-0.15, -0.1) is 0 Å². The fraction of sp³-hybridized carbons (Fsp3) is 0.414. The van der Waals surface area contributed by atoms with E-state index in [1.165, 1.54) is 0 Å². The van der Waals surface area contributed by atoms with E-state index in [0.29, 0.717) is 56.4 Å². The highest BCUT2D eigenvalue weighted by Gasteiger charge is 2.40. The molecule has 0 spiro atoms. The van der Waals surface area contributed by atoms with Gasteiger partial charge in [0.2, 0.25) is 11.8 Å². The first-order valence-corrected chi connectivity index (χ1v) is 13.2. The summed E-state index contributed by atoms with van der Waals surface area (Å²) in [6, 6.07) is 19.1. The van der Waals surface area contributed by atoms with E-state index in [1.807, 2.05) is 71.4 Å². The van der Waals surface area contributed by atoms with Crippen molar-refractivity contribution < 1.29 is 14.3 Å². The molecule has 0 N–H and O–H groups in total. The number of carbonyl (C=O) groups is 2. The van der Waals surface area contributed by atoms with Crippen LogP contribution in [0, 0.1) is 5.41 Å². The van der Waals surface area contributed by atoms with Crippen LogP contribution in [0.2, 0.25) is 5.02 Å². The summed E-state index contributed by atoms with van der Waals surface area (Å²) in [4.78, 5) is 30.2. The minimum absolute atomic E-state index is 0.0477. The van der Waals surface area contributed by atoms with Gasteiger partial charge >= 0.3 is 0 Å². The molecule has 1 atom stereocenters. The third-order valence-electron chi connectivity index (χ3n) is 6.91. The monoisotopic (exact) mass is 522 g/mol. The van der Waals surface area contributed by atoms with Crippen LogP contribution in [0.25, 0.3) is 0 Å². The molecular weight excluding hydrogens is 488 g/mol. The van der Waals surface area contributed by atoms with Crippen LogP contribution >= 0.6 is 11.6 Å². The van der Waals surface area contributed by atoms with E-state index < -0.39 is 5.41 Å². The van der Waals surface area contributed by atoms with Gasteiger partial charge in [-0.3, -0.25) is 14.3 Å². The number of rotatable bonds is 11. The number of hydrogen-bond acceptors (Lipinski definition) is 4. The molecule has 1 aliphatic heterocycles. The lowest BCUT2D eigenvalue weighted by molar-refractivity contribution is -0.141. The SMILES string of the molecule is CN(Cc1ccccc1)C(=O)C[C@]1(COc2cccc(Cl)c2)CCCN(C(=O)CCCn2cccn2)C1. The van der Waals surface area contributed by atoms with Gasteiger partial charge in [0.15, 0.2) is 0 Å². The number of halogens is 1. The van der Waals surface area contributed by atoms with Crippen LogP contribution in [0.5, 0.6) is 5.75 Å². The molecule has 0 saturated carbocycles. The van der Waals surface area contributed by atoms with Gasteiger partial charge in [0.1, 0.15) is 5.75 Å². The third-order valence-corrected chi connectivity index (χ3v) is 7.14. The number of ether oxygens (including phenoxy) is 1. The van der Waals surface area contributed by atoms with E-state index in [0.717, 1.165) is 24.8 Å². The van der Waals surface area contributed by atoms with Crippen LogP contribution in [-0.2, 0) is 22.7 Å². The Balaban J connectivity index is 1.43. The standard InChI is InChI=1S/C29H35ClN4O3/c1-32(21-24-9-3-2-4-10-24)28(36)20-29(23-37-26-12-5-11-25(30)19-26)14-7-16-33(22-29)27(35)13-6-17-34-18-8-15-31-34/h2-5,8-12,15,18-19H,6-7,13-14,16-17,20-23H2,1H3/t29-/m1/s1. The molecule has 0 aliphatic carbocycles. The minimum atomic E-state index is -0.472. The molecule has 196 valence electrons. The van der Waals surface area contributed by atoms with Crippen molar-refractivity contribution in [2.24, 2.45) is 5.41 Å². The summed E-state index contributed by atoms with van der Waals surface area (Å²) in [6.07, 6.45) is 6.78. The highest BCUT2D eigenvalue weighted by atomic mass is 35.5. The Morgan fingerprint density at radius 2 is 1.97 bits per heavy atom. The van der Waals surface area contributed by atoms with Crippen LogP contribution in [0.4, 0.5) is 0 Å². The maximum atomic E-state index is 13.4. The van der Waals surface area contributed by atoms with Crippen molar-refractivity contribution in [1.82, 2.24) is 19.6 Å². The van der Waals surface area contributed by atoms with Crippen LogP contribution in [0.15, 0.2) is 73.1 Å². The molecular formula is C29H35ClN4O3. The van der Waals surface area contributed by atoms with Crippen LogP contribution < -0.4 is 4.74 Å². The summed E-state index contributed by atoms with van der Waals surface area (Å²) in [6.45, 7) is 2.79. The summed E-state index contributed by atoms with van der Waals surface area (Å²) in [5.74, 6) is 0.829.